The Morgan fingerprint density at radius 2 is 1.76 bits per heavy atom. The van der Waals surface area contributed by atoms with Crippen LogP contribution in [0.15, 0.2) is 42.5 Å². The third-order valence-electron chi connectivity index (χ3n) is 6.15. The maximum Gasteiger partial charge on any atom is 0.573 e. The number of benzene rings is 2. The number of hydrogen-bond acceptors (Lipinski definition) is 5. The zero-order chi connectivity index (χ0) is 27.1. The fraction of sp³-hybridized carbons (Fsp3) is 0.423. The van der Waals surface area contributed by atoms with Gasteiger partial charge in [-0.3, -0.25) is 9.59 Å². The summed E-state index contributed by atoms with van der Waals surface area (Å²) in [6.07, 6.45) is -5.28. The van der Waals surface area contributed by atoms with Gasteiger partial charge in [0.2, 0.25) is 5.91 Å². The first-order valence-corrected chi connectivity index (χ1v) is 11.8. The lowest BCUT2D eigenvalue weighted by molar-refractivity contribution is -0.274. The maximum absolute atomic E-state index is 13.4. The highest BCUT2D eigenvalue weighted by molar-refractivity contribution is 6.05. The van der Waals surface area contributed by atoms with E-state index in [1.807, 2.05) is 0 Å². The molecule has 1 fully saturated rings. The van der Waals surface area contributed by atoms with Crippen molar-refractivity contribution in [1.29, 1.82) is 0 Å². The Kier molecular flexibility index (Phi) is 6.83. The van der Waals surface area contributed by atoms with E-state index in [9.17, 15) is 27.6 Å². The monoisotopic (exact) mass is 519 g/mol. The zero-order valence-electron chi connectivity index (χ0n) is 20.9. The summed E-state index contributed by atoms with van der Waals surface area (Å²) in [5, 5.41) is 2.81. The van der Waals surface area contributed by atoms with Gasteiger partial charge >= 0.3 is 12.5 Å². The molecule has 3 amide bonds. The van der Waals surface area contributed by atoms with Gasteiger partial charge in [-0.15, -0.1) is 13.2 Å². The minimum Gasteiger partial charge on any atom is -0.444 e. The van der Waals surface area contributed by atoms with E-state index in [1.165, 1.54) is 28.0 Å². The Hall–Kier alpha value is -3.76. The molecule has 8 nitrogen and oxygen atoms in total. The molecule has 2 aromatic carbocycles. The molecule has 2 aliphatic rings. The van der Waals surface area contributed by atoms with Gasteiger partial charge in [-0.1, -0.05) is 24.3 Å². The van der Waals surface area contributed by atoms with Crippen LogP contribution in [0.2, 0.25) is 0 Å². The summed E-state index contributed by atoms with van der Waals surface area (Å²) < 4.78 is 46.8. The van der Waals surface area contributed by atoms with E-state index < -0.39 is 30.0 Å². The van der Waals surface area contributed by atoms with Crippen molar-refractivity contribution in [3.63, 3.8) is 0 Å². The molecule has 0 aromatic heterocycles. The van der Waals surface area contributed by atoms with Crippen LogP contribution in [0.25, 0.3) is 0 Å². The molecule has 0 aliphatic carbocycles. The molecule has 0 bridgehead atoms. The average molecular weight is 520 g/mol. The number of halogens is 3. The predicted molar refractivity (Wildman–Crippen MR) is 127 cm³/mol. The normalized spacial score (nSPS) is 17.8. The molecule has 11 heteroatoms. The Morgan fingerprint density at radius 3 is 2.38 bits per heavy atom. The fourth-order valence-electron chi connectivity index (χ4n) is 4.43. The molecule has 0 radical (unpaired) electrons. The molecule has 2 heterocycles. The van der Waals surface area contributed by atoms with Gasteiger partial charge in [0.05, 0.1) is 6.04 Å². The highest BCUT2D eigenvalue weighted by atomic mass is 19.4. The van der Waals surface area contributed by atoms with Crippen LogP contribution in [-0.2, 0) is 16.1 Å². The third-order valence-corrected chi connectivity index (χ3v) is 6.15. The second-order valence-electron chi connectivity index (χ2n) is 10.1. The summed E-state index contributed by atoms with van der Waals surface area (Å²) >= 11 is 0. The molecule has 198 valence electrons. The van der Waals surface area contributed by atoms with Gasteiger partial charge in [0.15, 0.2) is 0 Å². The van der Waals surface area contributed by atoms with Gasteiger partial charge in [0.25, 0.3) is 5.91 Å². The largest absolute Gasteiger partial charge is 0.573 e. The molecule has 1 atom stereocenters. The molecular formula is C26H28F3N3O5. The summed E-state index contributed by atoms with van der Waals surface area (Å²) in [6, 6.07) is 9.45. The molecule has 1 N–H and O–H groups in total. The van der Waals surface area contributed by atoms with E-state index in [0.717, 1.165) is 0 Å². The van der Waals surface area contributed by atoms with Gasteiger partial charge in [0, 0.05) is 25.2 Å². The smallest absolute Gasteiger partial charge is 0.444 e. The number of carbonyl (C=O) groups is 3. The molecule has 37 heavy (non-hydrogen) atoms. The first kappa shape index (κ1) is 26.3. The predicted octanol–water partition coefficient (Wildman–Crippen LogP) is 4.33. The van der Waals surface area contributed by atoms with Gasteiger partial charge in [0.1, 0.15) is 17.4 Å². The number of nitrogens with one attached hydrogen (secondary N) is 1. The summed E-state index contributed by atoms with van der Waals surface area (Å²) in [5.74, 6) is -1.07. The van der Waals surface area contributed by atoms with Crippen molar-refractivity contribution in [1.82, 2.24) is 15.1 Å². The second-order valence-corrected chi connectivity index (χ2v) is 10.1. The summed E-state index contributed by atoms with van der Waals surface area (Å²) in [7, 11) is 0. The van der Waals surface area contributed by atoms with Crippen molar-refractivity contribution in [2.75, 3.05) is 13.1 Å². The van der Waals surface area contributed by atoms with Crippen LogP contribution < -0.4 is 10.1 Å². The minimum atomic E-state index is -4.80. The van der Waals surface area contributed by atoms with E-state index in [-0.39, 0.29) is 37.3 Å². The van der Waals surface area contributed by atoms with Crippen molar-refractivity contribution in [3.8, 4) is 5.75 Å². The van der Waals surface area contributed by atoms with Crippen LogP contribution in [0.4, 0.5) is 18.0 Å². The van der Waals surface area contributed by atoms with E-state index in [1.54, 1.807) is 52.0 Å². The van der Waals surface area contributed by atoms with Crippen molar-refractivity contribution < 1.29 is 37.0 Å². The molecule has 0 spiro atoms. The first-order valence-electron chi connectivity index (χ1n) is 11.8. The highest BCUT2D eigenvalue weighted by Crippen LogP contribution is 2.38. The quantitative estimate of drug-likeness (QED) is 0.636. The Balaban J connectivity index is 1.47. The van der Waals surface area contributed by atoms with Crippen molar-refractivity contribution >= 4 is 17.9 Å². The Labute approximate surface area is 212 Å². The summed E-state index contributed by atoms with van der Waals surface area (Å²) in [6.45, 7) is 7.43. The molecular weight excluding hydrogens is 491 g/mol. The van der Waals surface area contributed by atoms with Crippen LogP contribution in [0.3, 0.4) is 0 Å². The molecule has 2 aliphatic heterocycles. The average Bonchev–Trinajstić information content (AvgIpc) is 3.02. The lowest BCUT2D eigenvalue weighted by Gasteiger charge is -2.45. The molecule has 1 unspecified atom stereocenters. The minimum absolute atomic E-state index is 0.0480. The lowest BCUT2D eigenvalue weighted by atomic mass is 10.0. The summed E-state index contributed by atoms with van der Waals surface area (Å²) in [5.41, 5.74) is 1.44. The van der Waals surface area contributed by atoms with Crippen molar-refractivity contribution in [2.24, 2.45) is 0 Å². The standard InChI is InChI=1S/C26H28F3N3O5/c1-15-11-18(36-26(27,28)29)10-9-16(15)12-30-22(33)21-19-7-5-6-8-20(19)23(34)32(21)17-13-31(14-17)24(35)37-25(2,3)4/h5-11,17,21H,12-14H2,1-4H3,(H,30,33). The molecule has 2 aromatic rings. The summed E-state index contributed by atoms with van der Waals surface area (Å²) in [4.78, 5) is 41.9. The number of ether oxygens (including phenoxy) is 2. The van der Waals surface area contributed by atoms with Crippen LogP contribution in [0.5, 0.6) is 5.75 Å². The van der Waals surface area contributed by atoms with Crippen LogP contribution in [0.1, 0.15) is 53.9 Å². The maximum atomic E-state index is 13.4. The highest BCUT2D eigenvalue weighted by Gasteiger charge is 2.49. The molecule has 4 rings (SSSR count). The van der Waals surface area contributed by atoms with Gasteiger partial charge in [-0.25, -0.2) is 4.79 Å². The van der Waals surface area contributed by atoms with Crippen molar-refractivity contribution in [2.45, 2.75) is 58.3 Å². The van der Waals surface area contributed by atoms with Crippen LogP contribution in [0, 0.1) is 6.92 Å². The topological polar surface area (TPSA) is 88.2 Å². The number of fused-ring (bicyclic) bond motifs is 1. The fourth-order valence-corrected chi connectivity index (χ4v) is 4.43. The van der Waals surface area contributed by atoms with Gasteiger partial charge in [-0.2, -0.15) is 0 Å². The number of likely N-dealkylation sites (tertiary alicyclic amines) is 1. The Morgan fingerprint density at radius 1 is 1.08 bits per heavy atom. The zero-order valence-corrected chi connectivity index (χ0v) is 20.9. The number of aryl methyl sites for hydroxylation is 1. The third kappa shape index (κ3) is 5.81. The Bertz CT molecular complexity index is 1220. The van der Waals surface area contributed by atoms with Crippen LogP contribution >= 0.6 is 0 Å². The second kappa shape index (κ2) is 9.60. The van der Waals surface area contributed by atoms with Gasteiger partial charge < -0.3 is 24.6 Å². The lowest BCUT2D eigenvalue weighted by Crippen LogP contribution is -2.63. The number of nitrogens with zero attached hydrogens (tertiary/aromatic N) is 2. The first-order chi connectivity index (χ1) is 17.2. The van der Waals surface area contributed by atoms with E-state index in [0.29, 0.717) is 22.3 Å². The molecule has 1 saturated heterocycles. The number of hydrogen-bond donors (Lipinski definition) is 1. The van der Waals surface area contributed by atoms with Crippen LogP contribution in [-0.4, -0.2) is 58.8 Å². The molecule has 0 saturated carbocycles. The number of carbonyl (C=O) groups excluding carboxylic acids is 3. The number of alkyl halides is 3. The van der Waals surface area contributed by atoms with E-state index >= 15 is 0 Å². The number of rotatable bonds is 5. The van der Waals surface area contributed by atoms with E-state index in [4.69, 9.17) is 4.74 Å². The number of amides is 3. The van der Waals surface area contributed by atoms with Gasteiger partial charge in [-0.05, 0) is 62.6 Å². The van der Waals surface area contributed by atoms with Crippen molar-refractivity contribution in [3.05, 3.63) is 64.7 Å². The van der Waals surface area contributed by atoms with E-state index in [2.05, 4.69) is 10.1 Å². The SMILES string of the molecule is Cc1cc(OC(F)(F)F)ccc1CNC(=O)C1c2ccccc2C(=O)N1C1CN(C(=O)OC(C)(C)C)C1.